The van der Waals surface area contributed by atoms with E-state index in [1.807, 2.05) is 0 Å². The second kappa shape index (κ2) is 7.44. The fraction of sp³-hybridized carbons (Fsp3) is 0.846. The second-order valence-corrected chi connectivity index (χ2v) is 6.13. The molecule has 0 aromatic rings. The van der Waals surface area contributed by atoms with Crippen molar-refractivity contribution in [2.45, 2.75) is 26.8 Å². The van der Waals surface area contributed by atoms with Crippen LogP contribution in [-0.2, 0) is 4.79 Å². The molecule has 0 aliphatic carbocycles. The first-order valence-corrected chi connectivity index (χ1v) is 7.01. The van der Waals surface area contributed by atoms with Crippen LogP contribution in [0.1, 0.15) is 20.8 Å². The zero-order valence-electron chi connectivity index (χ0n) is 12.5. The lowest BCUT2D eigenvalue weighted by Crippen LogP contribution is -2.53. The number of hydrogen-bond donors (Lipinski definition) is 4. The van der Waals surface area contributed by atoms with Crippen LogP contribution in [0.15, 0.2) is 0 Å². The molecule has 1 aliphatic rings. The smallest absolute Gasteiger partial charge is 0.326 e. The third-order valence-corrected chi connectivity index (χ3v) is 3.31. The Morgan fingerprint density at radius 1 is 1.30 bits per heavy atom. The zero-order valence-corrected chi connectivity index (χ0v) is 12.5. The maximum absolute atomic E-state index is 11.7. The summed E-state index contributed by atoms with van der Waals surface area (Å²) in [4.78, 5) is 25.1. The molecule has 1 aliphatic heterocycles. The first-order chi connectivity index (χ1) is 9.30. The molecule has 2 amide bonds. The highest BCUT2D eigenvalue weighted by Gasteiger charge is 2.32. The van der Waals surface area contributed by atoms with Gasteiger partial charge in [0.1, 0.15) is 6.04 Å². The van der Waals surface area contributed by atoms with Gasteiger partial charge < -0.3 is 21.1 Å². The molecule has 4 N–H and O–H groups in total. The number of hydrogen-bond acceptors (Lipinski definition) is 4. The fourth-order valence-electron chi connectivity index (χ4n) is 2.09. The zero-order chi connectivity index (χ0) is 15.2. The largest absolute Gasteiger partial charge is 0.480 e. The summed E-state index contributed by atoms with van der Waals surface area (Å²) in [6.45, 7) is 10.5. The van der Waals surface area contributed by atoms with Gasteiger partial charge >= 0.3 is 12.0 Å². The Morgan fingerprint density at radius 2 is 1.90 bits per heavy atom. The number of nitrogens with one attached hydrogen (secondary N) is 3. The normalized spacial score (nSPS) is 18.4. The number of carboxylic acids is 1. The van der Waals surface area contributed by atoms with Crippen LogP contribution >= 0.6 is 0 Å². The van der Waals surface area contributed by atoms with E-state index in [1.165, 1.54) is 0 Å². The van der Waals surface area contributed by atoms with Crippen LogP contribution in [0.5, 0.6) is 0 Å². The number of amides is 2. The lowest BCUT2D eigenvalue weighted by molar-refractivity contribution is -0.141. The van der Waals surface area contributed by atoms with Gasteiger partial charge in [0, 0.05) is 39.3 Å². The molecule has 1 atom stereocenters. The molecule has 1 heterocycles. The van der Waals surface area contributed by atoms with Gasteiger partial charge in [0.25, 0.3) is 0 Å². The van der Waals surface area contributed by atoms with Gasteiger partial charge in [0.2, 0.25) is 0 Å². The molecule has 0 radical (unpaired) electrons. The monoisotopic (exact) mass is 286 g/mol. The third kappa shape index (κ3) is 5.75. The predicted molar refractivity (Wildman–Crippen MR) is 76.7 cm³/mol. The van der Waals surface area contributed by atoms with E-state index in [0.717, 1.165) is 32.7 Å². The molecule has 0 aromatic carbocycles. The van der Waals surface area contributed by atoms with Gasteiger partial charge in [-0.05, 0) is 5.41 Å². The average Bonchev–Trinajstić information content (AvgIpc) is 2.35. The van der Waals surface area contributed by atoms with Crippen LogP contribution in [0, 0.1) is 5.41 Å². The van der Waals surface area contributed by atoms with Gasteiger partial charge in [-0.2, -0.15) is 0 Å². The number of nitrogens with zero attached hydrogens (tertiary/aromatic N) is 1. The van der Waals surface area contributed by atoms with Crippen molar-refractivity contribution in [3.63, 3.8) is 0 Å². The van der Waals surface area contributed by atoms with Crippen molar-refractivity contribution in [3.8, 4) is 0 Å². The summed E-state index contributed by atoms with van der Waals surface area (Å²) in [7, 11) is 0. The van der Waals surface area contributed by atoms with Crippen LogP contribution in [0.4, 0.5) is 4.79 Å². The van der Waals surface area contributed by atoms with Gasteiger partial charge in [-0.1, -0.05) is 20.8 Å². The minimum absolute atomic E-state index is 0.428. The molecule has 0 spiro atoms. The summed E-state index contributed by atoms with van der Waals surface area (Å²) in [5, 5.41) is 17.6. The van der Waals surface area contributed by atoms with E-state index in [2.05, 4.69) is 20.9 Å². The van der Waals surface area contributed by atoms with Crippen molar-refractivity contribution >= 4 is 12.0 Å². The molecular formula is C13H26N4O3. The van der Waals surface area contributed by atoms with Gasteiger partial charge in [0.15, 0.2) is 0 Å². The predicted octanol–water partition coefficient (Wildman–Crippen LogP) is -0.310. The fourth-order valence-corrected chi connectivity index (χ4v) is 2.09. The Morgan fingerprint density at radius 3 is 2.40 bits per heavy atom. The number of carbonyl (C=O) groups excluding carboxylic acids is 1. The summed E-state index contributed by atoms with van der Waals surface area (Å²) >= 11 is 0. The van der Waals surface area contributed by atoms with Crippen LogP contribution in [-0.4, -0.2) is 67.3 Å². The molecule has 0 unspecified atom stereocenters. The van der Waals surface area contributed by atoms with Crippen LogP contribution in [0.25, 0.3) is 0 Å². The SMILES string of the molecule is CC(C)(C)[C@H](NC(=O)NCCN1CCNCC1)C(=O)O. The van der Waals surface area contributed by atoms with E-state index in [4.69, 9.17) is 5.11 Å². The van der Waals surface area contributed by atoms with Gasteiger partial charge in [0.05, 0.1) is 0 Å². The van der Waals surface area contributed by atoms with E-state index in [9.17, 15) is 9.59 Å². The highest BCUT2D eigenvalue weighted by Crippen LogP contribution is 2.19. The molecule has 0 aromatic heterocycles. The minimum Gasteiger partial charge on any atom is -0.480 e. The number of carbonyl (C=O) groups is 2. The van der Waals surface area contributed by atoms with Crippen molar-refractivity contribution in [1.82, 2.24) is 20.9 Å². The highest BCUT2D eigenvalue weighted by atomic mass is 16.4. The Balaban J connectivity index is 2.29. The maximum Gasteiger partial charge on any atom is 0.326 e. The van der Waals surface area contributed by atoms with Gasteiger partial charge in [-0.25, -0.2) is 9.59 Å². The van der Waals surface area contributed by atoms with E-state index >= 15 is 0 Å². The lowest BCUT2D eigenvalue weighted by atomic mass is 9.87. The molecule has 0 bridgehead atoms. The number of aliphatic carboxylic acids is 1. The maximum atomic E-state index is 11.7. The first kappa shape index (κ1) is 16.7. The Bertz CT molecular complexity index is 335. The number of carboxylic acid groups (broad SMARTS) is 1. The van der Waals surface area contributed by atoms with Crippen molar-refractivity contribution in [2.24, 2.45) is 5.41 Å². The van der Waals surface area contributed by atoms with Crippen LogP contribution in [0.3, 0.4) is 0 Å². The molecule has 20 heavy (non-hydrogen) atoms. The van der Waals surface area contributed by atoms with Gasteiger partial charge in [-0.15, -0.1) is 0 Å². The summed E-state index contributed by atoms with van der Waals surface area (Å²) in [5.74, 6) is -1.02. The number of urea groups is 1. The van der Waals surface area contributed by atoms with E-state index in [1.54, 1.807) is 20.8 Å². The Kier molecular flexibility index (Phi) is 6.22. The molecule has 7 heteroatoms. The van der Waals surface area contributed by atoms with Crippen molar-refractivity contribution in [1.29, 1.82) is 0 Å². The first-order valence-electron chi connectivity index (χ1n) is 7.01. The molecule has 7 nitrogen and oxygen atoms in total. The topological polar surface area (TPSA) is 93.7 Å². The third-order valence-electron chi connectivity index (χ3n) is 3.31. The van der Waals surface area contributed by atoms with Crippen LogP contribution in [0.2, 0.25) is 0 Å². The molecular weight excluding hydrogens is 260 g/mol. The Labute approximate surface area is 120 Å². The summed E-state index contributed by atoms with van der Waals surface area (Å²) in [6.07, 6.45) is 0. The van der Waals surface area contributed by atoms with Crippen molar-refractivity contribution in [3.05, 3.63) is 0 Å². The highest BCUT2D eigenvalue weighted by molar-refractivity contribution is 5.83. The molecule has 1 fully saturated rings. The summed E-state index contributed by atoms with van der Waals surface area (Å²) < 4.78 is 0. The lowest BCUT2D eigenvalue weighted by Gasteiger charge is -2.29. The minimum atomic E-state index is -1.02. The van der Waals surface area contributed by atoms with Crippen LogP contribution < -0.4 is 16.0 Å². The second-order valence-electron chi connectivity index (χ2n) is 6.13. The van der Waals surface area contributed by atoms with Crippen molar-refractivity contribution in [2.75, 3.05) is 39.3 Å². The standard InChI is InChI=1S/C13H26N4O3/c1-13(2,3)10(11(18)19)16-12(20)15-6-9-17-7-4-14-5-8-17/h10,14H,4-9H2,1-3H3,(H,18,19)(H2,15,16,20)/t10-/m1/s1. The quantitative estimate of drug-likeness (QED) is 0.556. The number of rotatable bonds is 5. The molecule has 1 saturated heterocycles. The van der Waals surface area contributed by atoms with E-state index in [0.29, 0.717) is 6.54 Å². The summed E-state index contributed by atoms with van der Waals surface area (Å²) in [6, 6.07) is -1.33. The Hall–Kier alpha value is -1.34. The van der Waals surface area contributed by atoms with E-state index in [-0.39, 0.29) is 0 Å². The molecule has 1 rings (SSSR count). The molecule has 116 valence electrons. The molecule has 0 saturated carbocycles. The number of piperazine rings is 1. The van der Waals surface area contributed by atoms with Crippen molar-refractivity contribution < 1.29 is 14.7 Å². The summed E-state index contributed by atoms with van der Waals surface area (Å²) in [5.41, 5.74) is -0.526. The van der Waals surface area contributed by atoms with Gasteiger partial charge in [-0.3, -0.25) is 4.90 Å². The average molecular weight is 286 g/mol. The van der Waals surface area contributed by atoms with E-state index < -0.39 is 23.5 Å².